The topological polar surface area (TPSA) is 88.1 Å². The maximum absolute atomic E-state index is 13.5. The van der Waals surface area contributed by atoms with Gasteiger partial charge in [-0.25, -0.2) is 9.18 Å². The van der Waals surface area contributed by atoms with Crippen LogP contribution < -0.4 is 14.8 Å². The molecular weight excluding hydrogens is 379 g/mol. The lowest BCUT2D eigenvalue weighted by Crippen LogP contribution is -2.50. The number of hydrogen-bond donors (Lipinski definition) is 2. The zero-order valence-corrected chi connectivity index (χ0v) is 16.4. The van der Waals surface area contributed by atoms with Crippen molar-refractivity contribution in [3.8, 4) is 11.5 Å². The molecule has 0 bridgehead atoms. The molecule has 0 radical (unpaired) electrons. The fourth-order valence-corrected chi connectivity index (χ4v) is 3.50. The highest BCUT2D eigenvalue weighted by molar-refractivity contribution is 5.83. The molecule has 1 aliphatic heterocycles. The zero-order valence-electron chi connectivity index (χ0n) is 16.4. The highest BCUT2D eigenvalue weighted by Gasteiger charge is 2.34. The number of urea groups is 1. The summed E-state index contributed by atoms with van der Waals surface area (Å²) in [6.45, 7) is 1.77. The number of carbonyl (C=O) groups excluding carboxylic acids is 1. The summed E-state index contributed by atoms with van der Waals surface area (Å²) in [5.41, 5.74) is 2.50. The molecule has 0 fully saturated rings. The number of nitrogens with zero attached hydrogens (tertiary/aromatic N) is 1. The van der Waals surface area contributed by atoms with Crippen LogP contribution in [0.4, 0.5) is 9.18 Å². The van der Waals surface area contributed by atoms with Crippen molar-refractivity contribution >= 4 is 12.0 Å². The van der Waals surface area contributed by atoms with Gasteiger partial charge in [-0.15, -0.1) is 0 Å². The first kappa shape index (κ1) is 20.4. The smallest absolute Gasteiger partial charge is 0.325 e. The predicted octanol–water partition coefficient (Wildman–Crippen LogP) is 2.97. The molecule has 0 aromatic heterocycles. The molecule has 2 aromatic rings. The van der Waals surface area contributed by atoms with Gasteiger partial charge in [0.05, 0.1) is 20.3 Å². The summed E-state index contributed by atoms with van der Waals surface area (Å²) in [5, 5.41) is 11.6. The van der Waals surface area contributed by atoms with E-state index in [0.717, 1.165) is 11.1 Å². The average Bonchev–Trinajstić information content (AvgIpc) is 2.72. The number of carboxylic acid groups (broad SMARTS) is 1. The number of halogens is 1. The minimum Gasteiger partial charge on any atom is -0.493 e. The molecule has 1 aliphatic rings. The van der Waals surface area contributed by atoms with Crippen LogP contribution in [0, 0.1) is 5.82 Å². The van der Waals surface area contributed by atoms with Gasteiger partial charge in [0, 0.05) is 6.54 Å². The number of ether oxygens (including phenoxy) is 2. The summed E-state index contributed by atoms with van der Waals surface area (Å²) >= 11 is 0. The third kappa shape index (κ3) is 4.11. The number of rotatable bonds is 5. The van der Waals surface area contributed by atoms with Crippen LogP contribution in [-0.4, -0.2) is 48.8 Å². The third-order valence-electron chi connectivity index (χ3n) is 5.03. The van der Waals surface area contributed by atoms with Gasteiger partial charge >= 0.3 is 12.0 Å². The number of hydrogen-bond acceptors (Lipinski definition) is 4. The van der Waals surface area contributed by atoms with Crippen molar-refractivity contribution in [1.82, 2.24) is 10.2 Å². The van der Waals surface area contributed by atoms with Crippen molar-refractivity contribution in [1.29, 1.82) is 0 Å². The van der Waals surface area contributed by atoms with Gasteiger partial charge < -0.3 is 24.8 Å². The first-order chi connectivity index (χ1) is 13.8. The number of methoxy groups -OCH3 is 2. The van der Waals surface area contributed by atoms with E-state index >= 15 is 0 Å². The molecule has 8 heteroatoms. The molecule has 2 unspecified atom stereocenters. The second kappa shape index (κ2) is 8.38. The number of benzene rings is 2. The second-order valence-corrected chi connectivity index (χ2v) is 6.81. The van der Waals surface area contributed by atoms with E-state index in [-0.39, 0.29) is 5.82 Å². The summed E-state index contributed by atoms with van der Waals surface area (Å²) in [4.78, 5) is 25.6. The van der Waals surface area contributed by atoms with Crippen LogP contribution in [0.5, 0.6) is 11.5 Å². The van der Waals surface area contributed by atoms with E-state index in [1.54, 1.807) is 24.1 Å². The predicted molar refractivity (Wildman–Crippen MR) is 104 cm³/mol. The van der Waals surface area contributed by atoms with E-state index in [2.05, 4.69) is 5.32 Å². The van der Waals surface area contributed by atoms with Gasteiger partial charge in [0.25, 0.3) is 0 Å². The normalized spacial score (nSPS) is 16.6. The molecule has 2 N–H and O–H groups in total. The summed E-state index contributed by atoms with van der Waals surface area (Å²) in [6, 6.07) is 7.51. The first-order valence-electron chi connectivity index (χ1n) is 9.16. The Bertz CT molecular complexity index is 916. The van der Waals surface area contributed by atoms with Crippen molar-refractivity contribution < 1.29 is 28.6 Å². The minimum absolute atomic E-state index is 0.364. The van der Waals surface area contributed by atoms with Crippen molar-refractivity contribution in [2.45, 2.75) is 25.4 Å². The van der Waals surface area contributed by atoms with Crippen molar-refractivity contribution in [3.05, 3.63) is 58.9 Å². The molecule has 29 heavy (non-hydrogen) atoms. The number of nitrogens with one attached hydrogen (secondary N) is 1. The van der Waals surface area contributed by atoms with E-state index in [1.807, 2.05) is 12.1 Å². The molecule has 1 heterocycles. The van der Waals surface area contributed by atoms with E-state index in [0.29, 0.717) is 30.0 Å². The summed E-state index contributed by atoms with van der Waals surface area (Å²) in [7, 11) is 3.08. The van der Waals surface area contributed by atoms with Crippen molar-refractivity contribution in [3.63, 3.8) is 0 Å². The van der Waals surface area contributed by atoms with Crippen LogP contribution in [0.2, 0.25) is 0 Å². The molecule has 154 valence electrons. The highest BCUT2D eigenvalue weighted by Crippen LogP contribution is 2.41. The number of carboxylic acids is 1. The number of fused-ring (bicyclic) bond motifs is 1. The molecule has 2 atom stereocenters. The largest absolute Gasteiger partial charge is 0.493 e. The maximum atomic E-state index is 13.5. The van der Waals surface area contributed by atoms with Gasteiger partial charge in [-0.05, 0) is 54.3 Å². The Balaban J connectivity index is 2.08. The molecule has 0 saturated carbocycles. The Hall–Kier alpha value is -3.29. The number of amides is 2. The van der Waals surface area contributed by atoms with Gasteiger partial charge in [0.2, 0.25) is 0 Å². The van der Waals surface area contributed by atoms with Crippen LogP contribution in [-0.2, 0) is 11.2 Å². The average molecular weight is 402 g/mol. The van der Waals surface area contributed by atoms with Crippen molar-refractivity contribution in [2.24, 2.45) is 0 Å². The maximum Gasteiger partial charge on any atom is 0.325 e. The van der Waals surface area contributed by atoms with Gasteiger partial charge in [0.1, 0.15) is 11.9 Å². The Labute approximate surface area is 168 Å². The highest BCUT2D eigenvalue weighted by atomic mass is 19.1. The van der Waals surface area contributed by atoms with E-state index < -0.39 is 24.1 Å². The molecule has 3 rings (SSSR count). The molecule has 0 spiro atoms. The SMILES string of the molecule is COc1cc2c(cc1OC)C(c1ccc(F)cc1)N(C(=O)NC(C)C(=O)O)CC2. The Morgan fingerprint density at radius 1 is 1.17 bits per heavy atom. The van der Waals surface area contributed by atoms with E-state index in [4.69, 9.17) is 14.6 Å². The quantitative estimate of drug-likeness (QED) is 0.803. The van der Waals surface area contributed by atoms with Gasteiger partial charge in [-0.3, -0.25) is 4.79 Å². The Morgan fingerprint density at radius 2 is 1.79 bits per heavy atom. The van der Waals surface area contributed by atoms with Crippen LogP contribution in [0.25, 0.3) is 0 Å². The molecule has 0 saturated heterocycles. The monoisotopic (exact) mass is 402 g/mol. The Morgan fingerprint density at radius 3 is 2.38 bits per heavy atom. The summed E-state index contributed by atoms with van der Waals surface area (Å²) < 4.78 is 24.3. The molecular formula is C21H23FN2O5. The van der Waals surface area contributed by atoms with E-state index in [1.165, 1.54) is 26.2 Å². The van der Waals surface area contributed by atoms with Gasteiger partial charge in [-0.2, -0.15) is 0 Å². The number of aliphatic carboxylic acids is 1. The molecule has 7 nitrogen and oxygen atoms in total. The van der Waals surface area contributed by atoms with Gasteiger partial charge in [-0.1, -0.05) is 12.1 Å². The second-order valence-electron chi connectivity index (χ2n) is 6.81. The standard InChI is InChI=1S/C21H23FN2O5/c1-12(20(25)26)23-21(27)24-9-8-14-10-17(28-2)18(29-3)11-16(14)19(24)13-4-6-15(22)7-5-13/h4-7,10-12,19H,8-9H2,1-3H3,(H,23,27)(H,25,26). The van der Waals surface area contributed by atoms with Crippen LogP contribution in [0.15, 0.2) is 36.4 Å². The molecule has 2 amide bonds. The molecule has 0 aliphatic carbocycles. The van der Waals surface area contributed by atoms with Crippen LogP contribution in [0.3, 0.4) is 0 Å². The molecule has 2 aromatic carbocycles. The van der Waals surface area contributed by atoms with Gasteiger partial charge in [0.15, 0.2) is 11.5 Å². The lowest BCUT2D eigenvalue weighted by atomic mass is 9.88. The lowest BCUT2D eigenvalue weighted by molar-refractivity contribution is -0.138. The lowest BCUT2D eigenvalue weighted by Gasteiger charge is -2.38. The minimum atomic E-state index is -1.12. The number of carbonyl (C=O) groups is 2. The fourth-order valence-electron chi connectivity index (χ4n) is 3.50. The Kier molecular flexibility index (Phi) is 5.91. The van der Waals surface area contributed by atoms with Crippen LogP contribution >= 0.6 is 0 Å². The summed E-state index contributed by atoms with van der Waals surface area (Å²) in [5.74, 6) is -0.408. The van der Waals surface area contributed by atoms with Crippen LogP contribution in [0.1, 0.15) is 29.7 Å². The first-order valence-corrected chi connectivity index (χ1v) is 9.16. The summed E-state index contributed by atoms with van der Waals surface area (Å²) in [6.07, 6.45) is 0.558. The van der Waals surface area contributed by atoms with Crippen molar-refractivity contribution in [2.75, 3.05) is 20.8 Å². The van der Waals surface area contributed by atoms with E-state index in [9.17, 15) is 14.0 Å². The zero-order chi connectivity index (χ0) is 21.1. The third-order valence-corrected chi connectivity index (χ3v) is 5.03. The fraction of sp³-hybridized carbons (Fsp3) is 0.333.